The fourth-order valence-electron chi connectivity index (χ4n) is 1.95. The molecule has 0 bridgehead atoms. The molecule has 0 saturated carbocycles. The van der Waals surface area contributed by atoms with Gasteiger partial charge in [-0.1, -0.05) is 30.3 Å². The van der Waals surface area contributed by atoms with Crippen LogP contribution in [0, 0.1) is 0 Å². The monoisotopic (exact) mass is 277 g/mol. The van der Waals surface area contributed by atoms with Gasteiger partial charge in [-0.3, -0.25) is 9.59 Å². The molecule has 1 rings (SSSR count). The Morgan fingerprint density at radius 3 is 2.35 bits per heavy atom. The van der Waals surface area contributed by atoms with Crippen molar-refractivity contribution in [1.82, 2.24) is 10.2 Å². The van der Waals surface area contributed by atoms with Crippen molar-refractivity contribution in [2.75, 3.05) is 19.6 Å². The molecule has 1 atom stereocenters. The van der Waals surface area contributed by atoms with E-state index < -0.39 is 0 Å². The van der Waals surface area contributed by atoms with Crippen LogP contribution in [0.15, 0.2) is 30.3 Å². The van der Waals surface area contributed by atoms with Crippen LogP contribution >= 0.6 is 0 Å². The molecule has 0 saturated heterocycles. The molecule has 2 amide bonds. The zero-order valence-corrected chi connectivity index (χ0v) is 12.1. The van der Waals surface area contributed by atoms with Gasteiger partial charge in [0.1, 0.15) is 0 Å². The Labute approximate surface area is 120 Å². The van der Waals surface area contributed by atoms with Gasteiger partial charge >= 0.3 is 0 Å². The highest BCUT2D eigenvalue weighted by molar-refractivity contribution is 5.85. The van der Waals surface area contributed by atoms with E-state index in [1.165, 1.54) is 0 Å². The first-order valence-electron chi connectivity index (χ1n) is 6.93. The average molecular weight is 277 g/mol. The fourth-order valence-corrected chi connectivity index (χ4v) is 1.95. The molecule has 3 N–H and O–H groups in total. The molecule has 0 heterocycles. The topological polar surface area (TPSA) is 75.4 Å². The number of benzene rings is 1. The third-order valence-corrected chi connectivity index (χ3v) is 3.19. The number of carbonyl (C=O) groups excluding carboxylic acids is 2. The number of nitrogens with one attached hydrogen (secondary N) is 1. The summed E-state index contributed by atoms with van der Waals surface area (Å²) in [5.74, 6) is -0.279. The number of amides is 2. The van der Waals surface area contributed by atoms with Crippen LogP contribution in [0.4, 0.5) is 0 Å². The molecule has 0 aliphatic rings. The number of hydrogen-bond donors (Lipinski definition) is 2. The fraction of sp³-hybridized carbons (Fsp3) is 0.467. The predicted octanol–water partition coefficient (Wildman–Crippen LogP) is 1.06. The number of nitrogens with two attached hydrogens (primary N) is 1. The van der Waals surface area contributed by atoms with Crippen LogP contribution in [0.1, 0.15) is 31.9 Å². The smallest absolute Gasteiger partial charge is 0.241 e. The molecule has 110 valence electrons. The maximum atomic E-state index is 11.8. The van der Waals surface area contributed by atoms with E-state index in [4.69, 9.17) is 5.73 Å². The molecule has 1 aromatic carbocycles. The summed E-state index contributed by atoms with van der Waals surface area (Å²) in [6.45, 7) is 5.15. The summed E-state index contributed by atoms with van der Waals surface area (Å²) in [6.07, 6.45) is 0.176. The van der Waals surface area contributed by atoms with Crippen LogP contribution in [0.5, 0.6) is 0 Å². The van der Waals surface area contributed by atoms with E-state index in [-0.39, 0.29) is 30.8 Å². The standard InChI is InChI=1S/C15H23N3O2/c1-3-18(4-2)15(20)11-17-14(19)10-13(16)12-8-6-5-7-9-12/h5-9,13H,3-4,10-11,16H2,1-2H3,(H,17,19). The van der Waals surface area contributed by atoms with Crippen LogP contribution in [-0.2, 0) is 9.59 Å². The Morgan fingerprint density at radius 1 is 1.20 bits per heavy atom. The van der Waals surface area contributed by atoms with Gasteiger partial charge in [0.05, 0.1) is 6.54 Å². The SMILES string of the molecule is CCN(CC)C(=O)CNC(=O)CC(N)c1ccccc1. The summed E-state index contributed by atoms with van der Waals surface area (Å²) in [6, 6.07) is 9.10. The van der Waals surface area contributed by atoms with Crippen molar-refractivity contribution in [3.8, 4) is 0 Å². The summed E-state index contributed by atoms with van der Waals surface area (Å²) in [4.78, 5) is 25.2. The zero-order valence-electron chi connectivity index (χ0n) is 12.1. The van der Waals surface area contributed by atoms with Crippen LogP contribution in [0.2, 0.25) is 0 Å². The maximum Gasteiger partial charge on any atom is 0.241 e. The Balaban J connectivity index is 2.39. The second-order valence-electron chi connectivity index (χ2n) is 4.56. The van der Waals surface area contributed by atoms with Crippen molar-refractivity contribution < 1.29 is 9.59 Å². The van der Waals surface area contributed by atoms with Gasteiger partial charge in [0.15, 0.2) is 0 Å². The number of likely N-dealkylation sites (N-methyl/N-ethyl adjacent to an activating group) is 1. The van der Waals surface area contributed by atoms with Crippen molar-refractivity contribution >= 4 is 11.8 Å². The van der Waals surface area contributed by atoms with Gasteiger partial charge in [-0.05, 0) is 19.4 Å². The number of hydrogen-bond acceptors (Lipinski definition) is 3. The molecule has 1 unspecified atom stereocenters. The number of rotatable bonds is 7. The molecule has 0 aromatic heterocycles. The van der Waals surface area contributed by atoms with Crippen LogP contribution in [0.3, 0.4) is 0 Å². The lowest BCUT2D eigenvalue weighted by atomic mass is 10.0. The first kappa shape index (κ1) is 16.2. The first-order chi connectivity index (χ1) is 9.58. The van der Waals surface area contributed by atoms with Crippen molar-refractivity contribution in [3.05, 3.63) is 35.9 Å². The Bertz CT molecular complexity index is 430. The van der Waals surface area contributed by atoms with E-state index in [2.05, 4.69) is 5.32 Å². The summed E-state index contributed by atoms with van der Waals surface area (Å²) < 4.78 is 0. The predicted molar refractivity (Wildman–Crippen MR) is 78.9 cm³/mol. The van der Waals surface area contributed by atoms with Gasteiger partial charge in [-0.2, -0.15) is 0 Å². The van der Waals surface area contributed by atoms with Crippen LogP contribution < -0.4 is 11.1 Å². The van der Waals surface area contributed by atoms with Crippen LogP contribution in [0.25, 0.3) is 0 Å². The normalized spacial score (nSPS) is 11.8. The molecular weight excluding hydrogens is 254 g/mol. The lowest BCUT2D eigenvalue weighted by molar-refractivity contribution is -0.132. The van der Waals surface area contributed by atoms with E-state index in [0.717, 1.165) is 5.56 Å². The van der Waals surface area contributed by atoms with Gasteiger partial charge in [-0.15, -0.1) is 0 Å². The quantitative estimate of drug-likeness (QED) is 0.782. The number of carbonyl (C=O) groups is 2. The van der Waals surface area contributed by atoms with E-state index in [0.29, 0.717) is 13.1 Å². The maximum absolute atomic E-state index is 11.8. The minimum Gasteiger partial charge on any atom is -0.347 e. The Hall–Kier alpha value is -1.88. The van der Waals surface area contributed by atoms with Crippen molar-refractivity contribution in [3.63, 3.8) is 0 Å². The average Bonchev–Trinajstić information content (AvgIpc) is 2.47. The molecular formula is C15H23N3O2. The van der Waals surface area contributed by atoms with E-state index in [1.54, 1.807) is 4.90 Å². The Morgan fingerprint density at radius 2 is 1.80 bits per heavy atom. The lowest BCUT2D eigenvalue weighted by Gasteiger charge is -2.19. The molecule has 0 aliphatic carbocycles. The molecule has 5 nitrogen and oxygen atoms in total. The van der Waals surface area contributed by atoms with Crippen LogP contribution in [-0.4, -0.2) is 36.3 Å². The molecule has 0 fully saturated rings. The molecule has 0 spiro atoms. The molecule has 0 aliphatic heterocycles. The third kappa shape index (κ3) is 5.01. The highest BCUT2D eigenvalue weighted by Crippen LogP contribution is 2.12. The number of nitrogens with zero attached hydrogens (tertiary/aromatic N) is 1. The van der Waals surface area contributed by atoms with Gasteiger partial charge in [0.25, 0.3) is 0 Å². The van der Waals surface area contributed by atoms with Crippen molar-refractivity contribution in [2.45, 2.75) is 26.3 Å². The molecule has 5 heteroatoms. The highest BCUT2D eigenvalue weighted by Gasteiger charge is 2.14. The van der Waals surface area contributed by atoms with E-state index >= 15 is 0 Å². The van der Waals surface area contributed by atoms with E-state index in [9.17, 15) is 9.59 Å². The summed E-state index contributed by atoms with van der Waals surface area (Å²) in [5.41, 5.74) is 6.87. The lowest BCUT2D eigenvalue weighted by Crippen LogP contribution is -2.40. The van der Waals surface area contributed by atoms with Gasteiger partial charge < -0.3 is 16.0 Å². The van der Waals surface area contributed by atoms with Gasteiger partial charge in [0.2, 0.25) is 11.8 Å². The largest absolute Gasteiger partial charge is 0.347 e. The van der Waals surface area contributed by atoms with Gasteiger partial charge in [-0.25, -0.2) is 0 Å². The third-order valence-electron chi connectivity index (χ3n) is 3.19. The second kappa shape index (κ2) is 8.32. The molecule has 1 aromatic rings. The summed E-state index contributed by atoms with van der Waals surface area (Å²) in [7, 11) is 0. The second-order valence-corrected chi connectivity index (χ2v) is 4.56. The molecule has 20 heavy (non-hydrogen) atoms. The van der Waals surface area contributed by atoms with Crippen molar-refractivity contribution in [2.24, 2.45) is 5.73 Å². The first-order valence-corrected chi connectivity index (χ1v) is 6.93. The zero-order chi connectivity index (χ0) is 15.0. The van der Waals surface area contributed by atoms with E-state index in [1.807, 2.05) is 44.2 Å². The minimum absolute atomic E-state index is 0.0298. The Kier molecular flexibility index (Phi) is 6.73. The van der Waals surface area contributed by atoms with Crippen molar-refractivity contribution in [1.29, 1.82) is 0 Å². The highest BCUT2D eigenvalue weighted by atomic mass is 16.2. The minimum atomic E-state index is -0.347. The summed E-state index contributed by atoms with van der Waals surface area (Å²) >= 11 is 0. The molecule has 0 radical (unpaired) electrons. The summed E-state index contributed by atoms with van der Waals surface area (Å²) in [5, 5.41) is 2.62. The van der Waals surface area contributed by atoms with Gasteiger partial charge in [0, 0.05) is 25.6 Å².